The van der Waals surface area contributed by atoms with E-state index < -0.39 is 11.4 Å². The van der Waals surface area contributed by atoms with Gasteiger partial charge in [0, 0.05) is 32.0 Å². The third-order valence-electron chi connectivity index (χ3n) is 4.40. The number of carbonyl (C=O) groups excluding carboxylic acids is 1. The normalized spacial score (nSPS) is 20.7. The Morgan fingerprint density at radius 2 is 2.25 bits per heavy atom. The molecule has 0 bridgehead atoms. The molecule has 1 atom stereocenters. The fraction of sp³-hybridized carbons (Fsp3) is 0.588. The highest BCUT2D eigenvalue weighted by molar-refractivity contribution is 6.29. The summed E-state index contributed by atoms with van der Waals surface area (Å²) in [5, 5.41) is 13.5. The molecular weight excluding hydrogens is 332 g/mol. The molecule has 1 N–H and O–H groups in total. The molecule has 1 aromatic heterocycles. The third kappa shape index (κ3) is 4.60. The summed E-state index contributed by atoms with van der Waals surface area (Å²) >= 11 is 5.69. The van der Waals surface area contributed by atoms with E-state index in [4.69, 9.17) is 16.1 Å². The number of halogens is 1. The van der Waals surface area contributed by atoms with Crippen molar-refractivity contribution in [1.82, 2.24) is 10.1 Å². The number of aryl methyl sites for hydroxylation is 1. The second-order valence-corrected chi connectivity index (χ2v) is 6.99. The van der Waals surface area contributed by atoms with E-state index in [0.717, 1.165) is 5.57 Å². The number of piperidine rings is 1. The van der Waals surface area contributed by atoms with E-state index in [2.05, 4.69) is 5.16 Å². The van der Waals surface area contributed by atoms with Crippen molar-refractivity contribution in [3.8, 4) is 0 Å². The summed E-state index contributed by atoms with van der Waals surface area (Å²) in [6.45, 7) is 4.75. The quantitative estimate of drug-likeness (QED) is 0.792. The van der Waals surface area contributed by atoms with Gasteiger partial charge in [-0.1, -0.05) is 28.4 Å². The van der Waals surface area contributed by atoms with E-state index in [1.54, 1.807) is 11.0 Å². The minimum atomic E-state index is -0.888. The number of aliphatic carboxylic acids is 1. The van der Waals surface area contributed by atoms with Gasteiger partial charge in [-0.3, -0.25) is 9.59 Å². The average molecular weight is 355 g/mol. The van der Waals surface area contributed by atoms with Crippen LogP contribution in [0.4, 0.5) is 0 Å². The van der Waals surface area contributed by atoms with E-state index in [9.17, 15) is 14.7 Å². The number of hydrogen-bond acceptors (Lipinski definition) is 4. The highest BCUT2D eigenvalue weighted by Gasteiger charge is 2.42. The van der Waals surface area contributed by atoms with Crippen LogP contribution < -0.4 is 0 Å². The van der Waals surface area contributed by atoms with Gasteiger partial charge in [0.1, 0.15) is 5.76 Å². The van der Waals surface area contributed by atoms with Gasteiger partial charge in [0.2, 0.25) is 5.91 Å². The Balaban J connectivity index is 2.00. The van der Waals surface area contributed by atoms with Crippen molar-refractivity contribution in [1.29, 1.82) is 0 Å². The molecular formula is C17H23ClN2O4. The highest BCUT2D eigenvalue weighted by atomic mass is 35.5. The lowest BCUT2D eigenvalue weighted by Gasteiger charge is -2.39. The van der Waals surface area contributed by atoms with Gasteiger partial charge < -0.3 is 14.5 Å². The van der Waals surface area contributed by atoms with Crippen LogP contribution in [0.25, 0.3) is 0 Å². The lowest BCUT2D eigenvalue weighted by atomic mass is 9.76. The number of amides is 1. The maximum atomic E-state index is 12.4. The molecule has 1 saturated heterocycles. The van der Waals surface area contributed by atoms with Gasteiger partial charge in [-0.15, -0.1) is 0 Å². The minimum Gasteiger partial charge on any atom is -0.481 e. The molecule has 1 amide bonds. The standard InChI is InChI=1S/C17H23ClN2O4/c1-12(2)6-8-17(16(22)23)7-3-9-20(11-17)15(21)5-4-13-10-14(18)19-24-13/h6,10H,3-5,7-9,11H2,1-2H3,(H,22,23)/t17-/m1/s1. The maximum absolute atomic E-state index is 12.4. The summed E-state index contributed by atoms with van der Waals surface area (Å²) in [6, 6.07) is 1.58. The van der Waals surface area contributed by atoms with Crippen molar-refractivity contribution in [2.24, 2.45) is 5.41 Å². The van der Waals surface area contributed by atoms with Gasteiger partial charge in [0.25, 0.3) is 0 Å². The number of nitrogens with zero attached hydrogens (tertiary/aromatic N) is 2. The lowest BCUT2D eigenvalue weighted by molar-refractivity contribution is -0.154. The molecule has 1 aliphatic heterocycles. The predicted octanol–water partition coefficient (Wildman–Crippen LogP) is 3.31. The Kier molecular flexibility index (Phi) is 6.04. The molecule has 2 heterocycles. The van der Waals surface area contributed by atoms with Crippen molar-refractivity contribution in [3.05, 3.63) is 28.6 Å². The van der Waals surface area contributed by atoms with Crippen LogP contribution in [0.15, 0.2) is 22.2 Å². The van der Waals surface area contributed by atoms with Crippen LogP contribution in [0.5, 0.6) is 0 Å². The zero-order valence-electron chi connectivity index (χ0n) is 14.0. The fourth-order valence-corrected chi connectivity index (χ4v) is 3.12. The Morgan fingerprint density at radius 3 is 2.83 bits per heavy atom. The van der Waals surface area contributed by atoms with Crippen molar-refractivity contribution < 1.29 is 19.2 Å². The molecule has 24 heavy (non-hydrogen) atoms. The van der Waals surface area contributed by atoms with Crippen LogP contribution in [0.3, 0.4) is 0 Å². The predicted molar refractivity (Wildman–Crippen MR) is 89.8 cm³/mol. The molecule has 0 aromatic carbocycles. The molecule has 0 radical (unpaired) electrons. The molecule has 0 spiro atoms. The van der Waals surface area contributed by atoms with Crippen LogP contribution >= 0.6 is 11.6 Å². The number of carboxylic acid groups (broad SMARTS) is 1. The zero-order chi connectivity index (χ0) is 17.7. The van der Waals surface area contributed by atoms with E-state index in [-0.39, 0.29) is 24.0 Å². The Bertz CT molecular complexity index is 636. The van der Waals surface area contributed by atoms with Gasteiger partial charge in [0.05, 0.1) is 5.41 Å². The Morgan fingerprint density at radius 1 is 1.50 bits per heavy atom. The first kappa shape index (κ1) is 18.5. The van der Waals surface area contributed by atoms with Gasteiger partial charge >= 0.3 is 5.97 Å². The smallest absolute Gasteiger partial charge is 0.311 e. The molecule has 2 rings (SSSR count). The number of rotatable bonds is 6. The van der Waals surface area contributed by atoms with Crippen molar-refractivity contribution in [2.75, 3.05) is 13.1 Å². The molecule has 6 nitrogen and oxygen atoms in total. The van der Waals surface area contributed by atoms with E-state index in [1.807, 2.05) is 19.9 Å². The van der Waals surface area contributed by atoms with Crippen LogP contribution in [-0.4, -0.2) is 40.1 Å². The number of carboxylic acids is 1. The first-order chi connectivity index (χ1) is 11.3. The number of likely N-dealkylation sites (tertiary alicyclic amines) is 1. The van der Waals surface area contributed by atoms with E-state index in [0.29, 0.717) is 38.0 Å². The first-order valence-electron chi connectivity index (χ1n) is 8.08. The molecule has 0 unspecified atom stereocenters. The first-order valence-corrected chi connectivity index (χ1v) is 8.46. The summed E-state index contributed by atoms with van der Waals surface area (Å²) in [7, 11) is 0. The molecule has 7 heteroatoms. The molecule has 132 valence electrons. The second kappa shape index (κ2) is 7.83. The maximum Gasteiger partial charge on any atom is 0.311 e. The monoisotopic (exact) mass is 354 g/mol. The van der Waals surface area contributed by atoms with Crippen molar-refractivity contribution in [3.63, 3.8) is 0 Å². The van der Waals surface area contributed by atoms with Crippen molar-refractivity contribution >= 4 is 23.5 Å². The van der Waals surface area contributed by atoms with Gasteiger partial charge in [-0.25, -0.2) is 0 Å². The van der Waals surface area contributed by atoms with Gasteiger partial charge in [0.15, 0.2) is 5.15 Å². The summed E-state index contributed by atoms with van der Waals surface area (Å²) in [6.07, 6.45) is 4.34. The van der Waals surface area contributed by atoms with Crippen LogP contribution in [0.1, 0.15) is 45.3 Å². The molecule has 1 aromatic rings. The molecule has 0 aliphatic carbocycles. The average Bonchev–Trinajstić information content (AvgIpc) is 2.96. The molecule has 1 aliphatic rings. The molecule has 1 fully saturated rings. The number of hydrogen-bond donors (Lipinski definition) is 1. The van der Waals surface area contributed by atoms with E-state index >= 15 is 0 Å². The minimum absolute atomic E-state index is 0.0648. The Hall–Kier alpha value is -1.82. The summed E-state index contributed by atoms with van der Waals surface area (Å²) in [4.78, 5) is 25.9. The topological polar surface area (TPSA) is 83.6 Å². The number of aromatic nitrogens is 1. The highest BCUT2D eigenvalue weighted by Crippen LogP contribution is 2.35. The summed E-state index contributed by atoms with van der Waals surface area (Å²) < 4.78 is 4.99. The van der Waals surface area contributed by atoms with Gasteiger partial charge in [-0.2, -0.15) is 0 Å². The largest absolute Gasteiger partial charge is 0.481 e. The van der Waals surface area contributed by atoms with Crippen molar-refractivity contribution in [2.45, 2.75) is 46.0 Å². The fourth-order valence-electron chi connectivity index (χ4n) is 2.97. The second-order valence-electron chi connectivity index (χ2n) is 6.61. The molecule has 0 saturated carbocycles. The van der Waals surface area contributed by atoms with Crippen LogP contribution in [0.2, 0.25) is 5.15 Å². The Labute approximate surface area is 146 Å². The van der Waals surface area contributed by atoms with E-state index in [1.165, 1.54) is 0 Å². The summed E-state index contributed by atoms with van der Waals surface area (Å²) in [5.41, 5.74) is 0.196. The summed E-state index contributed by atoms with van der Waals surface area (Å²) in [5.74, 6) is -0.344. The number of carbonyl (C=O) groups is 2. The van der Waals surface area contributed by atoms with Crippen LogP contribution in [0, 0.1) is 5.41 Å². The van der Waals surface area contributed by atoms with Crippen LogP contribution in [-0.2, 0) is 16.0 Å². The zero-order valence-corrected chi connectivity index (χ0v) is 14.8. The number of allylic oxidation sites excluding steroid dienone is 2. The van der Waals surface area contributed by atoms with Gasteiger partial charge in [-0.05, 0) is 33.1 Å². The SMILES string of the molecule is CC(C)=CC[C@]1(C(=O)O)CCCN(C(=O)CCc2cc(Cl)no2)C1. The lowest BCUT2D eigenvalue weighted by Crippen LogP contribution is -2.49. The third-order valence-corrected chi connectivity index (χ3v) is 4.58.